The monoisotopic (exact) mass is 389 g/mol. The average Bonchev–Trinajstić information content (AvgIpc) is 2.94. The van der Waals surface area contributed by atoms with Gasteiger partial charge in [0.05, 0.1) is 0 Å². The molecule has 0 N–H and O–H groups in total. The van der Waals surface area contributed by atoms with Gasteiger partial charge in [-0.3, -0.25) is 14.5 Å². The Labute approximate surface area is 173 Å². The van der Waals surface area contributed by atoms with Crippen molar-refractivity contribution in [2.45, 2.75) is 89.1 Å². The van der Waals surface area contributed by atoms with Gasteiger partial charge < -0.3 is 0 Å². The molecule has 0 unspecified atom stereocenters. The summed E-state index contributed by atoms with van der Waals surface area (Å²) in [4.78, 5) is 27.3. The molecule has 3 nitrogen and oxygen atoms in total. The maximum atomic E-state index is 12.8. The third-order valence-corrected chi connectivity index (χ3v) is 7.04. The van der Waals surface area contributed by atoms with E-state index < -0.39 is 0 Å². The van der Waals surface area contributed by atoms with Crippen LogP contribution in [0.1, 0.15) is 83.1 Å². The molecule has 0 aromatic rings. The lowest BCUT2D eigenvalue weighted by atomic mass is 9.57. The highest BCUT2D eigenvalue weighted by Gasteiger charge is 2.64. The van der Waals surface area contributed by atoms with Gasteiger partial charge in [0, 0.05) is 18.2 Å². The number of nitrogens with zero attached hydrogens (tertiary/aromatic N) is 1. The lowest BCUT2D eigenvalue weighted by Gasteiger charge is -2.47. The summed E-state index contributed by atoms with van der Waals surface area (Å²) < 4.78 is 0. The number of hydrogen-bond donors (Lipinski definition) is 0. The van der Waals surface area contributed by atoms with E-state index in [2.05, 4.69) is 83.1 Å². The lowest BCUT2D eigenvalue weighted by Crippen LogP contribution is -2.52. The number of imide groups is 1. The van der Waals surface area contributed by atoms with Crippen molar-refractivity contribution in [2.24, 2.45) is 45.3 Å². The third kappa shape index (κ3) is 3.96. The molecule has 0 spiro atoms. The van der Waals surface area contributed by atoms with Gasteiger partial charge in [-0.2, -0.15) is 0 Å². The van der Waals surface area contributed by atoms with Crippen molar-refractivity contribution in [3.63, 3.8) is 0 Å². The first-order valence-corrected chi connectivity index (χ1v) is 10.8. The number of amides is 2. The molecule has 0 saturated heterocycles. The van der Waals surface area contributed by atoms with Crippen LogP contribution in [0.15, 0.2) is 12.2 Å². The summed E-state index contributed by atoms with van der Waals surface area (Å²) in [6, 6.07) is -0.0801. The fraction of sp³-hybridized carbons (Fsp3) is 0.840. The SMILES string of the molecule is CC(C)(C)[C@H]1[C@H](C(C)(C)C)[C@@H](C(C)(C)C)C(N2C(=O)C=CC2=O)[C@@H]1C(C)(C)C. The summed E-state index contributed by atoms with van der Waals surface area (Å²) in [5.41, 5.74) is 0.116. The molecule has 28 heavy (non-hydrogen) atoms. The highest BCUT2D eigenvalue weighted by Crippen LogP contribution is 2.65. The Balaban J connectivity index is 2.83. The van der Waals surface area contributed by atoms with Gasteiger partial charge in [0.1, 0.15) is 0 Å². The van der Waals surface area contributed by atoms with Crippen LogP contribution in [0, 0.1) is 45.3 Å². The summed E-state index contributed by atoms with van der Waals surface area (Å²) in [6.07, 6.45) is 2.91. The third-order valence-electron chi connectivity index (χ3n) is 7.04. The number of rotatable bonds is 1. The first-order valence-electron chi connectivity index (χ1n) is 10.8. The molecule has 1 heterocycles. The Kier molecular flexibility index (Phi) is 5.55. The Hall–Kier alpha value is -1.12. The van der Waals surface area contributed by atoms with E-state index in [4.69, 9.17) is 0 Å². The fourth-order valence-corrected chi connectivity index (χ4v) is 6.38. The van der Waals surface area contributed by atoms with Crippen molar-refractivity contribution < 1.29 is 9.59 Å². The Morgan fingerprint density at radius 3 is 1.00 bits per heavy atom. The highest BCUT2D eigenvalue weighted by molar-refractivity contribution is 6.13. The van der Waals surface area contributed by atoms with Crippen LogP contribution in [0.3, 0.4) is 0 Å². The van der Waals surface area contributed by atoms with E-state index in [0.717, 1.165) is 0 Å². The second-order valence-corrected chi connectivity index (χ2v) is 13.4. The van der Waals surface area contributed by atoms with Gasteiger partial charge >= 0.3 is 0 Å². The number of hydrogen-bond acceptors (Lipinski definition) is 2. The molecule has 2 rings (SSSR count). The van der Waals surface area contributed by atoms with Crippen LogP contribution >= 0.6 is 0 Å². The summed E-state index contributed by atoms with van der Waals surface area (Å²) >= 11 is 0. The van der Waals surface area contributed by atoms with E-state index >= 15 is 0 Å². The molecule has 1 aliphatic carbocycles. The summed E-state index contributed by atoms with van der Waals surface area (Å²) in [5, 5.41) is 0. The molecule has 1 saturated carbocycles. The molecule has 4 atom stereocenters. The molecule has 160 valence electrons. The molecule has 2 aliphatic rings. The molecule has 0 aromatic heterocycles. The molecular weight excluding hydrogens is 346 g/mol. The van der Waals surface area contributed by atoms with Crippen LogP contribution in [-0.4, -0.2) is 22.8 Å². The van der Waals surface area contributed by atoms with Crippen LogP contribution in [-0.2, 0) is 9.59 Å². The van der Waals surface area contributed by atoms with E-state index in [9.17, 15) is 9.59 Å². The Morgan fingerprint density at radius 2 is 0.786 bits per heavy atom. The average molecular weight is 390 g/mol. The topological polar surface area (TPSA) is 37.4 Å². The lowest BCUT2D eigenvalue weighted by molar-refractivity contribution is -0.144. The van der Waals surface area contributed by atoms with Crippen LogP contribution in [0.25, 0.3) is 0 Å². The number of carbonyl (C=O) groups is 2. The first-order chi connectivity index (χ1) is 12.3. The molecule has 3 heteroatoms. The minimum Gasteiger partial charge on any atom is -0.272 e. The van der Waals surface area contributed by atoms with Crippen molar-refractivity contribution in [2.75, 3.05) is 0 Å². The molecule has 1 aliphatic heterocycles. The second-order valence-electron chi connectivity index (χ2n) is 13.4. The van der Waals surface area contributed by atoms with Gasteiger partial charge in [0.25, 0.3) is 11.8 Å². The number of carbonyl (C=O) groups excluding carboxylic acids is 2. The predicted molar refractivity (Wildman–Crippen MR) is 117 cm³/mol. The Morgan fingerprint density at radius 1 is 0.536 bits per heavy atom. The second kappa shape index (κ2) is 6.71. The maximum Gasteiger partial charge on any atom is 0.253 e. The largest absolute Gasteiger partial charge is 0.272 e. The van der Waals surface area contributed by atoms with E-state index in [0.29, 0.717) is 11.8 Å². The van der Waals surface area contributed by atoms with Crippen LogP contribution in [0.2, 0.25) is 0 Å². The Bertz CT molecular complexity index is 605. The summed E-state index contributed by atoms with van der Waals surface area (Å²) in [7, 11) is 0. The fourth-order valence-electron chi connectivity index (χ4n) is 6.38. The van der Waals surface area contributed by atoms with Crippen molar-refractivity contribution in [1.29, 1.82) is 0 Å². The van der Waals surface area contributed by atoms with Crippen LogP contribution in [0.5, 0.6) is 0 Å². The van der Waals surface area contributed by atoms with Gasteiger partial charge in [0.2, 0.25) is 0 Å². The predicted octanol–water partition coefficient (Wildman–Crippen LogP) is 5.94. The van der Waals surface area contributed by atoms with E-state index in [1.807, 2.05) is 0 Å². The molecule has 2 amide bonds. The zero-order chi connectivity index (χ0) is 22.0. The minimum atomic E-state index is -0.138. The van der Waals surface area contributed by atoms with Crippen molar-refractivity contribution in [1.82, 2.24) is 4.90 Å². The zero-order valence-electron chi connectivity index (χ0n) is 20.3. The molecule has 0 aromatic carbocycles. The summed E-state index contributed by atoms with van der Waals surface area (Å²) in [6.45, 7) is 27.7. The maximum absolute atomic E-state index is 12.8. The molecule has 0 radical (unpaired) electrons. The smallest absolute Gasteiger partial charge is 0.253 e. The van der Waals surface area contributed by atoms with Gasteiger partial charge in [-0.15, -0.1) is 0 Å². The van der Waals surface area contributed by atoms with Crippen molar-refractivity contribution >= 4 is 11.8 Å². The highest BCUT2D eigenvalue weighted by atomic mass is 16.2. The zero-order valence-corrected chi connectivity index (χ0v) is 20.3. The van der Waals surface area contributed by atoms with Crippen LogP contribution < -0.4 is 0 Å². The molecule has 1 fully saturated rings. The molecular formula is C25H43NO2. The normalized spacial score (nSPS) is 32.6. The van der Waals surface area contributed by atoms with Gasteiger partial charge in [-0.1, -0.05) is 83.1 Å². The molecule has 0 bridgehead atoms. The van der Waals surface area contributed by atoms with Crippen molar-refractivity contribution in [3.8, 4) is 0 Å². The first kappa shape index (κ1) is 23.2. The van der Waals surface area contributed by atoms with E-state index in [1.54, 1.807) is 4.90 Å². The van der Waals surface area contributed by atoms with Crippen LogP contribution in [0.4, 0.5) is 0 Å². The standard InChI is InChI=1S/C25H43NO2/c1-22(2,3)17-18(23(4,5)6)20(25(10,11)12)21(19(17)24(7,8)9)26-15(27)13-14-16(26)28/h13-14,17-21H,1-12H3/t17-,18-,19+,20+/m0/s1. The van der Waals surface area contributed by atoms with E-state index in [-0.39, 0.29) is 51.4 Å². The van der Waals surface area contributed by atoms with Gasteiger partial charge in [-0.25, -0.2) is 0 Å². The van der Waals surface area contributed by atoms with Gasteiger partial charge in [-0.05, 0) is 45.3 Å². The minimum absolute atomic E-state index is 0.0186. The van der Waals surface area contributed by atoms with E-state index in [1.165, 1.54) is 12.2 Å². The summed E-state index contributed by atoms with van der Waals surface area (Å²) in [5.74, 6) is 1.02. The van der Waals surface area contributed by atoms with Crippen molar-refractivity contribution in [3.05, 3.63) is 12.2 Å². The quantitative estimate of drug-likeness (QED) is 0.520. The van der Waals surface area contributed by atoms with Gasteiger partial charge in [0.15, 0.2) is 0 Å².